The van der Waals surface area contributed by atoms with Crippen molar-refractivity contribution in [1.82, 2.24) is 19.5 Å². The number of hydrogen-bond acceptors (Lipinski definition) is 5. The van der Waals surface area contributed by atoms with Crippen molar-refractivity contribution in [3.8, 4) is 84.4 Å². The number of aromatic nitrogens is 4. The Bertz CT molecular complexity index is 6560. The van der Waals surface area contributed by atoms with Gasteiger partial charge in [-0.15, -0.1) is 0 Å². The Morgan fingerprint density at radius 2 is 0.770 bits per heavy atom. The monoisotopic (exact) mass is 1310 g/mol. The van der Waals surface area contributed by atoms with Crippen LogP contribution in [0.1, 0.15) is 104 Å². The fourth-order valence-electron chi connectivity index (χ4n) is 14.2. The molecule has 2 aliphatic rings. The molecule has 0 N–H and O–H groups in total. The third-order valence-corrected chi connectivity index (χ3v) is 19.3. The van der Waals surface area contributed by atoms with Crippen LogP contribution in [-0.2, 0) is 16.2 Å². The van der Waals surface area contributed by atoms with Crippen molar-refractivity contribution in [2.75, 3.05) is 9.80 Å². The predicted molar refractivity (Wildman–Crippen MR) is 422 cm³/mol. The number of benzene rings is 13. The van der Waals surface area contributed by atoms with Crippen molar-refractivity contribution < 1.29 is 24.7 Å². The molecule has 2 aliphatic heterocycles. The van der Waals surface area contributed by atoms with Crippen LogP contribution in [0.4, 0.5) is 34.1 Å². The summed E-state index contributed by atoms with van der Waals surface area (Å²) in [5.74, 6) is -1.03. The van der Waals surface area contributed by atoms with E-state index in [1.165, 1.54) is 0 Å². The summed E-state index contributed by atoms with van der Waals surface area (Å²) in [5, 5.41) is -0.143. The standard InChI is InChI=1S/C93H77BN6/c1-91(2,3)68-52-67(53-69(56-68)92(4,5)6)66-46-49-77-84(55-66)100(87-75(62-34-19-12-20-35-62)57-70(93(7,8)9)58-76(87)90-96-88(63-36-21-13-22-37-63)95-89(97-90)64-38-23-14-24-39-64)83-45-29-44-82-86(83)94(77)78-50-48-71(98-79-42-27-25-40-72(79)73-41-26-28-43-80(73)98)59-85(78)99(82)81-51-47-65(60-30-15-10-16-31-60)54-74(81)61-32-17-11-18-33-61/h10-59H,1-9H3/i13D,14D,21D,22D,23D,24D,25D,26D,27D,28D,36D,37D,38D,39D,40D,41D,42D,43D. The van der Waals surface area contributed by atoms with E-state index in [4.69, 9.17) is 25.9 Å². The van der Waals surface area contributed by atoms with Gasteiger partial charge in [-0.05, 0) is 149 Å². The SMILES string of the molecule is [2H]c1c([2H])c([2H])c(-c2nc(-c3cc(C(C)(C)C)cc(-c4ccccc4)c3N3c4cc(-c5cc(C(C)(C)C)cc(C(C)(C)C)c5)ccc4B4c5ccc(-n6c7c([2H])c([2H])c([2H])c([2H])c7c7c([2H])c([2H])c([2H])c([2H])c76)cc5N(c5ccc(-c6ccccc6)cc5-c5ccccc5)c5cccc3c54)nc(-c3c([2H])c([2H])c([2H])c([2H])c3[2H])n2)c([2H])c1[2H]. The first-order chi connectivity index (χ1) is 56.0. The van der Waals surface area contributed by atoms with Gasteiger partial charge in [-0.3, -0.25) is 0 Å². The van der Waals surface area contributed by atoms with E-state index in [2.05, 4.69) is 169 Å². The Morgan fingerprint density at radius 1 is 0.310 bits per heavy atom. The summed E-state index contributed by atoms with van der Waals surface area (Å²) < 4.78 is 168. The number of hydrogen-bond donors (Lipinski definition) is 0. The highest BCUT2D eigenvalue weighted by atomic mass is 15.2. The van der Waals surface area contributed by atoms with E-state index in [0.29, 0.717) is 50.9 Å². The van der Waals surface area contributed by atoms with Crippen LogP contribution in [0.2, 0.25) is 0 Å². The van der Waals surface area contributed by atoms with E-state index >= 15 is 0 Å². The molecule has 7 heteroatoms. The average molecular weight is 1310 g/mol. The first kappa shape index (κ1) is 45.0. The van der Waals surface area contributed by atoms with Gasteiger partial charge in [0.15, 0.2) is 17.5 Å². The molecule has 17 rings (SSSR count). The second-order valence-corrected chi connectivity index (χ2v) is 28.7. The van der Waals surface area contributed by atoms with Gasteiger partial charge in [0.1, 0.15) is 0 Å². The van der Waals surface area contributed by atoms with Crippen molar-refractivity contribution in [3.05, 3.63) is 320 Å². The summed E-state index contributed by atoms with van der Waals surface area (Å²) in [7, 11) is 0. The Balaban J connectivity index is 1.05. The quantitative estimate of drug-likeness (QED) is 0.128. The van der Waals surface area contributed by atoms with Gasteiger partial charge in [0.25, 0.3) is 6.71 Å². The van der Waals surface area contributed by atoms with E-state index < -0.39 is 144 Å². The Labute approximate surface area is 613 Å². The first-order valence-corrected chi connectivity index (χ1v) is 33.5. The summed E-state index contributed by atoms with van der Waals surface area (Å²) >= 11 is 0. The van der Waals surface area contributed by atoms with Crippen molar-refractivity contribution in [2.45, 2.75) is 78.6 Å². The Hall–Kier alpha value is -11.7. The van der Waals surface area contributed by atoms with Gasteiger partial charge in [0.05, 0.1) is 47.1 Å². The van der Waals surface area contributed by atoms with Crippen LogP contribution in [0.15, 0.2) is 303 Å². The fourth-order valence-corrected chi connectivity index (χ4v) is 14.2. The zero-order valence-corrected chi connectivity index (χ0v) is 56.7. The van der Waals surface area contributed by atoms with Crippen LogP contribution in [0.5, 0.6) is 0 Å². The maximum Gasteiger partial charge on any atom is 0.252 e. The van der Waals surface area contributed by atoms with Crippen LogP contribution >= 0.6 is 0 Å². The van der Waals surface area contributed by atoms with E-state index in [1.807, 2.05) is 97.1 Å². The van der Waals surface area contributed by atoms with Gasteiger partial charge in [0, 0.05) is 67.0 Å². The summed E-state index contributed by atoms with van der Waals surface area (Å²) in [5.41, 5.74) is 14.1. The van der Waals surface area contributed by atoms with Gasteiger partial charge in [-0.2, -0.15) is 0 Å². The molecule has 15 aromatic rings. The third kappa shape index (κ3) is 10.8. The second-order valence-electron chi connectivity index (χ2n) is 28.7. The number of para-hydroxylation sites is 2. The number of rotatable bonds is 10. The third-order valence-electron chi connectivity index (χ3n) is 19.3. The van der Waals surface area contributed by atoms with Crippen molar-refractivity contribution in [2.24, 2.45) is 0 Å². The lowest BCUT2D eigenvalue weighted by Gasteiger charge is -2.45. The van der Waals surface area contributed by atoms with Gasteiger partial charge in [-0.1, -0.05) is 299 Å². The number of fused-ring (bicyclic) bond motifs is 7. The molecule has 0 spiro atoms. The predicted octanol–water partition coefficient (Wildman–Crippen LogP) is 22.6. The minimum Gasteiger partial charge on any atom is -0.311 e. The van der Waals surface area contributed by atoms with Gasteiger partial charge >= 0.3 is 0 Å². The smallest absolute Gasteiger partial charge is 0.252 e. The van der Waals surface area contributed by atoms with Crippen molar-refractivity contribution >= 4 is 79.0 Å². The van der Waals surface area contributed by atoms with Crippen LogP contribution < -0.4 is 26.2 Å². The van der Waals surface area contributed by atoms with Crippen LogP contribution in [0.25, 0.3) is 106 Å². The largest absolute Gasteiger partial charge is 0.311 e. The zero-order chi connectivity index (χ0) is 83.8. The average Bonchev–Trinajstić information content (AvgIpc) is 1.26. The summed E-state index contributed by atoms with van der Waals surface area (Å²) in [6.07, 6.45) is 0. The maximum atomic E-state index is 9.73. The van der Waals surface area contributed by atoms with Gasteiger partial charge in [-0.25, -0.2) is 15.0 Å². The second kappa shape index (κ2) is 24.1. The molecule has 2 aromatic heterocycles. The maximum absolute atomic E-state index is 9.73. The van der Waals surface area contributed by atoms with E-state index in [1.54, 1.807) is 4.57 Å². The van der Waals surface area contributed by atoms with E-state index in [9.17, 15) is 13.7 Å². The molecule has 0 aliphatic carbocycles. The molecule has 6 nitrogen and oxygen atoms in total. The molecule has 4 heterocycles. The molecule has 482 valence electrons. The number of nitrogens with zero attached hydrogens (tertiary/aromatic N) is 6. The molecular weight excluding hydrogens is 1210 g/mol. The summed E-state index contributed by atoms with van der Waals surface area (Å²) in [4.78, 5) is 19.7. The minimum absolute atomic E-state index is 0.0481. The molecule has 100 heavy (non-hydrogen) atoms. The zero-order valence-electron chi connectivity index (χ0n) is 74.7. The lowest BCUT2D eigenvalue weighted by atomic mass is 9.33. The van der Waals surface area contributed by atoms with Crippen molar-refractivity contribution in [3.63, 3.8) is 0 Å². The molecular formula is C93H77BN6. The molecule has 0 unspecified atom stereocenters. The Morgan fingerprint density at radius 3 is 1.34 bits per heavy atom. The van der Waals surface area contributed by atoms with E-state index in [-0.39, 0.29) is 38.5 Å². The summed E-state index contributed by atoms with van der Waals surface area (Å²) in [6, 6.07) is 54.6. The van der Waals surface area contributed by atoms with Gasteiger partial charge < -0.3 is 14.4 Å². The molecule has 0 amide bonds. The van der Waals surface area contributed by atoms with Crippen LogP contribution in [0.3, 0.4) is 0 Å². The fraction of sp³-hybridized carbons (Fsp3) is 0.129. The normalized spacial score (nSPS) is 15.3. The molecule has 0 fully saturated rings. The Kier molecular flexibility index (Phi) is 10.9. The molecule has 0 atom stereocenters. The molecule has 13 aromatic carbocycles. The molecule has 0 saturated heterocycles. The highest BCUT2D eigenvalue weighted by Gasteiger charge is 2.45. The number of anilines is 6. The molecule has 0 saturated carbocycles. The topological polar surface area (TPSA) is 50.1 Å². The van der Waals surface area contributed by atoms with Crippen LogP contribution in [-0.4, -0.2) is 26.2 Å². The minimum atomic E-state index is -0.699. The molecule has 0 radical (unpaired) electrons. The summed E-state index contributed by atoms with van der Waals surface area (Å²) in [6.45, 7) is 18.6. The lowest BCUT2D eigenvalue weighted by molar-refractivity contribution is 0.569. The first-order valence-electron chi connectivity index (χ1n) is 42.5. The van der Waals surface area contributed by atoms with E-state index in [0.717, 1.165) is 72.0 Å². The van der Waals surface area contributed by atoms with Crippen molar-refractivity contribution in [1.29, 1.82) is 0 Å². The highest BCUT2D eigenvalue weighted by Crippen LogP contribution is 2.53. The van der Waals surface area contributed by atoms with Gasteiger partial charge in [0.2, 0.25) is 0 Å². The lowest BCUT2D eigenvalue weighted by Crippen LogP contribution is -2.61. The highest BCUT2D eigenvalue weighted by molar-refractivity contribution is 7.00. The molecule has 0 bridgehead atoms. The van der Waals surface area contributed by atoms with Crippen LogP contribution in [0, 0.1) is 0 Å².